The molecular weight excluding hydrogens is 180 g/mol. The summed E-state index contributed by atoms with van der Waals surface area (Å²) in [5, 5.41) is 10.1. The van der Waals surface area contributed by atoms with Crippen LogP contribution in [-0.2, 0) is 9.53 Å². The van der Waals surface area contributed by atoms with Crippen molar-refractivity contribution in [2.45, 2.75) is 57.5 Å². The molecular formula is C11H20O3. The quantitative estimate of drug-likeness (QED) is 0.694. The van der Waals surface area contributed by atoms with Gasteiger partial charge in [-0.05, 0) is 32.6 Å². The Labute approximate surface area is 85.5 Å². The maximum absolute atomic E-state index is 11.5. The van der Waals surface area contributed by atoms with E-state index < -0.39 is 11.6 Å². The number of rotatable bonds is 2. The molecule has 0 heterocycles. The number of carbonyl (C=O) groups is 1. The van der Waals surface area contributed by atoms with Crippen LogP contribution in [0, 0.1) is 0 Å². The lowest BCUT2D eigenvalue weighted by Crippen LogP contribution is -2.40. The summed E-state index contributed by atoms with van der Waals surface area (Å²) in [5.74, 6) is -0.429. The van der Waals surface area contributed by atoms with Crippen molar-refractivity contribution < 1.29 is 14.6 Å². The smallest absolute Gasteiger partial charge is 0.338 e. The largest absolute Gasteiger partial charge is 0.464 e. The molecule has 0 aromatic heterocycles. The van der Waals surface area contributed by atoms with Crippen LogP contribution in [-0.4, -0.2) is 23.3 Å². The van der Waals surface area contributed by atoms with Crippen molar-refractivity contribution in [3.8, 4) is 0 Å². The van der Waals surface area contributed by atoms with Gasteiger partial charge in [0.05, 0.1) is 6.61 Å². The van der Waals surface area contributed by atoms with E-state index in [9.17, 15) is 9.90 Å². The summed E-state index contributed by atoms with van der Waals surface area (Å²) in [7, 11) is 0. The number of hydrogen-bond donors (Lipinski definition) is 1. The molecule has 1 fully saturated rings. The zero-order valence-electron chi connectivity index (χ0n) is 8.92. The van der Waals surface area contributed by atoms with Gasteiger partial charge in [0.2, 0.25) is 0 Å². The number of aliphatic hydroxyl groups is 1. The third-order valence-corrected chi connectivity index (χ3v) is 2.84. The molecule has 3 heteroatoms. The first-order valence-corrected chi connectivity index (χ1v) is 5.58. The molecule has 0 amide bonds. The molecule has 0 saturated heterocycles. The van der Waals surface area contributed by atoms with Gasteiger partial charge < -0.3 is 9.84 Å². The first-order chi connectivity index (χ1) is 6.69. The van der Waals surface area contributed by atoms with Crippen molar-refractivity contribution in [2.75, 3.05) is 6.61 Å². The van der Waals surface area contributed by atoms with Crippen molar-refractivity contribution in [2.24, 2.45) is 0 Å². The molecule has 0 atom stereocenters. The van der Waals surface area contributed by atoms with Crippen molar-refractivity contribution in [3.63, 3.8) is 0 Å². The second-order valence-electron chi connectivity index (χ2n) is 4.02. The number of esters is 1. The topological polar surface area (TPSA) is 46.5 Å². The molecule has 14 heavy (non-hydrogen) atoms. The molecule has 1 N–H and O–H groups in total. The van der Waals surface area contributed by atoms with E-state index in [-0.39, 0.29) is 0 Å². The second kappa shape index (κ2) is 5.35. The fourth-order valence-electron chi connectivity index (χ4n) is 1.96. The summed E-state index contributed by atoms with van der Waals surface area (Å²) in [6, 6.07) is 0. The second-order valence-corrected chi connectivity index (χ2v) is 4.02. The highest BCUT2D eigenvalue weighted by Gasteiger charge is 2.36. The van der Waals surface area contributed by atoms with Crippen molar-refractivity contribution >= 4 is 5.97 Å². The average molecular weight is 200 g/mol. The first-order valence-electron chi connectivity index (χ1n) is 5.58. The van der Waals surface area contributed by atoms with Gasteiger partial charge in [-0.2, -0.15) is 0 Å². The average Bonchev–Trinajstić information content (AvgIpc) is 2.12. The Morgan fingerprint density at radius 2 is 1.71 bits per heavy atom. The third-order valence-electron chi connectivity index (χ3n) is 2.84. The minimum absolute atomic E-state index is 0.348. The Hall–Kier alpha value is -0.570. The summed E-state index contributed by atoms with van der Waals surface area (Å²) in [6.45, 7) is 2.12. The number of ether oxygens (including phenoxy) is 1. The number of hydrogen-bond acceptors (Lipinski definition) is 3. The zero-order valence-corrected chi connectivity index (χ0v) is 8.92. The highest BCUT2D eigenvalue weighted by Crippen LogP contribution is 2.27. The van der Waals surface area contributed by atoms with E-state index in [4.69, 9.17) is 4.74 Å². The Morgan fingerprint density at radius 1 is 1.21 bits per heavy atom. The summed E-state index contributed by atoms with van der Waals surface area (Å²) in [5.41, 5.74) is -1.20. The van der Waals surface area contributed by atoms with Gasteiger partial charge in [-0.1, -0.05) is 19.3 Å². The summed E-state index contributed by atoms with van der Waals surface area (Å²) >= 11 is 0. The predicted molar refractivity (Wildman–Crippen MR) is 53.9 cm³/mol. The van der Waals surface area contributed by atoms with Crippen LogP contribution in [0.1, 0.15) is 51.9 Å². The molecule has 0 unspecified atom stereocenters. The van der Waals surface area contributed by atoms with Gasteiger partial charge in [0, 0.05) is 0 Å². The van der Waals surface area contributed by atoms with E-state index in [1.165, 1.54) is 6.42 Å². The van der Waals surface area contributed by atoms with Crippen LogP contribution in [0.25, 0.3) is 0 Å². The Balaban J connectivity index is 2.53. The van der Waals surface area contributed by atoms with Gasteiger partial charge in [-0.3, -0.25) is 0 Å². The van der Waals surface area contributed by atoms with Gasteiger partial charge >= 0.3 is 5.97 Å². The molecule has 0 radical (unpaired) electrons. The van der Waals surface area contributed by atoms with E-state index in [1.807, 2.05) is 0 Å². The molecule has 82 valence electrons. The van der Waals surface area contributed by atoms with E-state index in [1.54, 1.807) is 6.92 Å². The van der Waals surface area contributed by atoms with Crippen molar-refractivity contribution in [3.05, 3.63) is 0 Å². The number of carbonyl (C=O) groups excluding carboxylic acids is 1. The lowest BCUT2D eigenvalue weighted by Gasteiger charge is -2.27. The van der Waals surface area contributed by atoms with E-state index >= 15 is 0 Å². The molecule has 0 spiro atoms. The fourth-order valence-corrected chi connectivity index (χ4v) is 1.96. The Kier molecular flexibility index (Phi) is 4.39. The molecule has 0 aliphatic heterocycles. The molecule has 0 aromatic rings. The predicted octanol–water partition coefficient (Wildman–Crippen LogP) is 2.02. The molecule has 1 aliphatic carbocycles. The maximum atomic E-state index is 11.5. The fraction of sp³-hybridized carbons (Fsp3) is 0.909. The van der Waals surface area contributed by atoms with E-state index in [0.29, 0.717) is 19.4 Å². The van der Waals surface area contributed by atoms with Gasteiger partial charge in [0.15, 0.2) is 5.60 Å². The molecule has 3 nitrogen and oxygen atoms in total. The van der Waals surface area contributed by atoms with Gasteiger partial charge in [-0.25, -0.2) is 4.79 Å². The molecule has 0 aromatic carbocycles. The van der Waals surface area contributed by atoms with Gasteiger partial charge in [-0.15, -0.1) is 0 Å². The molecule has 1 saturated carbocycles. The molecule has 1 rings (SSSR count). The first kappa shape index (κ1) is 11.5. The van der Waals surface area contributed by atoms with Crippen LogP contribution in [0.4, 0.5) is 0 Å². The van der Waals surface area contributed by atoms with Crippen LogP contribution in [0.2, 0.25) is 0 Å². The standard InChI is InChI=1S/C11H20O3/c1-2-14-10(12)11(13)8-6-4-3-5-7-9-11/h13H,2-9H2,1H3. The summed E-state index contributed by atoms with van der Waals surface area (Å²) in [4.78, 5) is 11.5. The summed E-state index contributed by atoms with van der Waals surface area (Å²) < 4.78 is 4.89. The Bertz CT molecular complexity index is 181. The van der Waals surface area contributed by atoms with Crippen molar-refractivity contribution in [1.82, 2.24) is 0 Å². The molecule has 1 aliphatic rings. The zero-order chi connectivity index (χ0) is 10.4. The maximum Gasteiger partial charge on any atom is 0.338 e. The van der Waals surface area contributed by atoms with Crippen LogP contribution in [0.5, 0.6) is 0 Å². The van der Waals surface area contributed by atoms with Crippen LogP contribution in [0.3, 0.4) is 0 Å². The van der Waals surface area contributed by atoms with Crippen molar-refractivity contribution in [1.29, 1.82) is 0 Å². The van der Waals surface area contributed by atoms with Crippen LogP contribution in [0.15, 0.2) is 0 Å². The molecule has 0 bridgehead atoms. The minimum atomic E-state index is -1.20. The summed E-state index contributed by atoms with van der Waals surface area (Å²) in [6.07, 6.45) is 6.42. The highest BCUT2D eigenvalue weighted by atomic mass is 16.5. The SMILES string of the molecule is CCOC(=O)C1(O)CCCCCCC1. The van der Waals surface area contributed by atoms with Crippen LogP contribution < -0.4 is 0 Å². The lowest BCUT2D eigenvalue weighted by atomic mass is 9.87. The van der Waals surface area contributed by atoms with E-state index in [0.717, 1.165) is 25.7 Å². The lowest BCUT2D eigenvalue weighted by molar-refractivity contribution is -0.167. The monoisotopic (exact) mass is 200 g/mol. The van der Waals surface area contributed by atoms with Gasteiger partial charge in [0.25, 0.3) is 0 Å². The van der Waals surface area contributed by atoms with Crippen LogP contribution >= 0.6 is 0 Å². The Morgan fingerprint density at radius 3 is 2.21 bits per heavy atom. The van der Waals surface area contributed by atoms with Gasteiger partial charge in [0.1, 0.15) is 0 Å². The minimum Gasteiger partial charge on any atom is -0.464 e. The highest BCUT2D eigenvalue weighted by molar-refractivity contribution is 5.79. The normalized spacial score (nSPS) is 22.1. The van der Waals surface area contributed by atoms with E-state index in [2.05, 4.69) is 0 Å². The third kappa shape index (κ3) is 2.98.